The fourth-order valence-corrected chi connectivity index (χ4v) is 3.60. The van der Waals surface area contributed by atoms with E-state index in [0.29, 0.717) is 26.1 Å². The van der Waals surface area contributed by atoms with Gasteiger partial charge in [0.25, 0.3) is 5.91 Å². The zero-order chi connectivity index (χ0) is 18.1. The minimum Gasteiger partial charge on any atom is -0.305 e. The zero-order valence-corrected chi connectivity index (χ0v) is 16.3. The van der Waals surface area contributed by atoms with Crippen molar-refractivity contribution in [3.63, 3.8) is 0 Å². The van der Waals surface area contributed by atoms with Crippen LogP contribution in [0, 0.1) is 0 Å². The number of hydrogen-bond acceptors (Lipinski definition) is 5. The average Bonchev–Trinajstić information content (AvgIpc) is 3.08. The monoisotopic (exact) mass is 444 g/mol. The Bertz CT molecular complexity index is 1110. The number of halogens is 2. The largest absolute Gasteiger partial charge is 0.305 e. The molecule has 3 aromatic heterocycles. The van der Waals surface area contributed by atoms with E-state index in [1.165, 1.54) is 11.3 Å². The third-order valence-electron chi connectivity index (χ3n) is 3.69. The maximum Gasteiger partial charge on any atom is 0.276 e. The Hall–Kier alpha value is -2.35. The molecule has 0 unspecified atom stereocenters. The molecule has 1 amide bonds. The molecule has 8 heteroatoms. The number of nitrogens with zero attached hydrogens (tertiary/aromatic N) is 3. The van der Waals surface area contributed by atoms with Gasteiger partial charge in [0.05, 0.1) is 0 Å². The van der Waals surface area contributed by atoms with Gasteiger partial charge in [-0.2, -0.15) is 0 Å². The Morgan fingerprint density at radius 1 is 1.15 bits per heavy atom. The summed E-state index contributed by atoms with van der Waals surface area (Å²) in [5.74, 6) is 0.0950. The maximum atomic E-state index is 12.5. The topological polar surface area (TPSA) is 67.8 Å². The lowest BCUT2D eigenvalue weighted by atomic mass is 10.0. The molecule has 0 spiro atoms. The molecule has 0 fully saturated rings. The lowest BCUT2D eigenvalue weighted by Crippen LogP contribution is -2.14. The van der Waals surface area contributed by atoms with Gasteiger partial charge in [-0.3, -0.25) is 4.79 Å². The number of aromatic nitrogens is 3. The molecule has 128 valence electrons. The number of anilines is 1. The first-order valence-electron chi connectivity index (χ1n) is 7.54. The van der Waals surface area contributed by atoms with Crippen molar-refractivity contribution < 1.29 is 4.79 Å². The average molecular weight is 446 g/mol. The van der Waals surface area contributed by atoms with Gasteiger partial charge in [-0.25, -0.2) is 15.0 Å². The predicted molar refractivity (Wildman–Crippen MR) is 108 cm³/mol. The first kappa shape index (κ1) is 17.1. The minimum atomic E-state index is -0.329. The van der Waals surface area contributed by atoms with Crippen LogP contribution in [-0.2, 0) is 0 Å². The van der Waals surface area contributed by atoms with E-state index >= 15 is 0 Å². The summed E-state index contributed by atoms with van der Waals surface area (Å²) in [6.45, 7) is 0. The number of pyridine rings is 2. The smallest absolute Gasteiger partial charge is 0.276 e. The predicted octanol–water partition coefficient (Wildman–Crippen LogP) is 5.42. The fraction of sp³-hybridized carbons (Fsp3) is 0. The standard InChI is InChI=1S/C18H10BrClN4OS/c19-18-22-14(9-26-18)17(25)24-16-13(10-3-5-12(20)6-4-10)8-11-2-1-7-21-15(11)23-16/h1-9H,(H,21,23,24,25). The van der Waals surface area contributed by atoms with Gasteiger partial charge < -0.3 is 5.32 Å². The highest BCUT2D eigenvalue weighted by molar-refractivity contribution is 9.11. The van der Waals surface area contributed by atoms with Gasteiger partial charge in [0.15, 0.2) is 9.56 Å². The molecule has 1 aromatic carbocycles. The number of carbonyl (C=O) groups is 1. The van der Waals surface area contributed by atoms with E-state index in [4.69, 9.17) is 11.6 Å². The molecule has 4 rings (SSSR count). The first-order valence-corrected chi connectivity index (χ1v) is 9.59. The van der Waals surface area contributed by atoms with Gasteiger partial charge in [-0.1, -0.05) is 23.7 Å². The number of amides is 1. The zero-order valence-electron chi connectivity index (χ0n) is 13.1. The second-order valence-corrected chi connectivity index (χ2v) is 7.95. The summed E-state index contributed by atoms with van der Waals surface area (Å²) in [6.07, 6.45) is 1.67. The van der Waals surface area contributed by atoms with Crippen molar-refractivity contribution >= 4 is 61.6 Å². The normalized spacial score (nSPS) is 10.8. The molecular formula is C18H10BrClN4OS. The number of nitrogens with one attached hydrogen (secondary N) is 1. The molecule has 0 saturated carbocycles. The first-order chi connectivity index (χ1) is 12.6. The number of hydrogen-bond donors (Lipinski definition) is 1. The maximum absolute atomic E-state index is 12.5. The van der Waals surface area contributed by atoms with E-state index < -0.39 is 0 Å². The summed E-state index contributed by atoms with van der Waals surface area (Å²) < 4.78 is 0.647. The summed E-state index contributed by atoms with van der Waals surface area (Å²) in [4.78, 5) is 25.5. The van der Waals surface area contributed by atoms with E-state index in [9.17, 15) is 4.79 Å². The van der Waals surface area contributed by atoms with Crippen LogP contribution in [0.3, 0.4) is 0 Å². The molecule has 0 atom stereocenters. The highest BCUT2D eigenvalue weighted by atomic mass is 79.9. The molecule has 1 N–H and O–H groups in total. The third-order valence-corrected chi connectivity index (χ3v) is 5.30. The van der Waals surface area contributed by atoms with Crippen LogP contribution in [0.4, 0.5) is 5.82 Å². The number of benzene rings is 1. The van der Waals surface area contributed by atoms with Crippen LogP contribution < -0.4 is 5.32 Å². The number of fused-ring (bicyclic) bond motifs is 1. The van der Waals surface area contributed by atoms with Crippen molar-refractivity contribution in [2.45, 2.75) is 0 Å². The van der Waals surface area contributed by atoms with Crippen molar-refractivity contribution in [1.82, 2.24) is 15.0 Å². The highest BCUT2D eigenvalue weighted by Gasteiger charge is 2.16. The van der Waals surface area contributed by atoms with Crippen LogP contribution in [0.15, 0.2) is 58.0 Å². The Kier molecular flexibility index (Phi) is 4.67. The van der Waals surface area contributed by atoms with Crippen molar-refractivity contribution in [3.05, 3.63) is 68.7 Å². The summed E-state index contributed by atoms with van der Waals surface area (Å²) in [5, 5.41) is 6.05. The molecule has 0 aliphatic carbocycles. The van der Waals surface area contributed by atoms with Crippen LogP contribution in [0.25, 0.3) is 22.2 Å². The van der Waals surface area contributed by atoms with Crippen molar-refractivity contribution in [2.75, 3.05) is 5.32 Å². The molecule has 3 heterocycles. The molecule has 26 heavy (non-hydrogen) atoms. The molecule has 0 bridgehead atoms. The van der Waals surface area contributed by atoms with Gasteiger partial charge in [0, 0.05) is 27.5 Å². The Balaban J connectivity index is 1.81. The van der Waals surface area contributed by atoms with Crippen LogP contribution >= 0.6 is 38.9 Å². The van der Waals surface area contributed by atoms with E-state index in [1.807, 2.05) is 30.3 Å². The molecule has 0 radical (unpaired) electrons. The van der Waals surface area contributed by atoms with Crippen molar-refractivity contribution in [3.8, 4) is 11.1 Å². The summed E-state index contributed by atoms with van der Waals surface area (Å²) in [6, 6.07) is 13.1. The van der Waals surface area contributed by atoms with Crippen molar-refractivity contribution in [2.24, 2.45) is 0 Å². The Morgan fingerprint density at radius 2 is 1.96 bits per heavy atom. The summed E-state index contributed by atoms with van der Waals surface area (Å²) >= 11 is 10.6. The second kappa shape index (κ2) is 7.11. The lowest BCUT2D eigenvalue weighted by Gasteiger charge is -2.11. The second-order valence-electron chi connectivity index (χ2n) is 5.38. The van der Waals surface area contributed by atoms with Gasteiger partial charge in [-0.05, 0) is 51.8 Å². The molecule has 0 aliphatic heterocycles. The minimum absolute atomic E-state index is 0.326. The molecule has 4 aromatic rings. The van der Waals surface area contributed by atoms with E-state index in [2.05, 4.69) is 36.2 Å². The number of thiazole rings is 1. The third kappa shape index (κ3) is 3.46. The van der Waals surface area contributed by atoms with Gasteiger partial charge >= 0.3 is 0 Å². The van der Waals surface area contributed by atoms with Crippen LogP contribution in [0.1, 0.15) is 10.5 Å². The molecule has 0 saturated heterocycles. The summed E-state index contributed by atoms with van der Waals surface area (Å²) in [7, 11) is 0. The van der Waals surface area contributed by atoms with Gasteiger partial charge in [0.1, 0.15) is 11.5 Å². The van der Waals surface area contributed by atoms with Gasteiger partial charge in [0.2, 0.25) is 0 Å². The SMILES string of the molecule is O=C(Nc1nc2ncccc2cc1-c1ccc(Cl)cc1)c1csc(Br)n1. The molecule has 5 nitrogen and oxygen atoms in total. The fourth-order valence-electron chi connectivity index (χ4n) is 2.48. The highest BCUT2D eigenvalue weighted by Crippen LogP contribution is 2.31. The van der Waals surface area contributed by atoms with E-state index in [1.54, 1.807) is 23.7 Å². The lowest BCUT2D eigenvalue weighted by molar-refractivity contribution is 0.102. The molecular weight excluding hydrogens is 436 g/mol. The number of carbonyl (C=O) groups excluding carboxylic acids is 1. The summed E-state index contributed by atoms with van der Waals surface area (Å²) in [5.41, 5.74) is 2.55. The van der Waals surface area contributed by atoms with Gasteiger partial charge in [-0.15, -0.1) is 11.3 Å². The van der Waals surface area contributed by atoms with Crippen LogP contribution in [0.5, 0.6) is 0 Å². The Labute approximate surface area is 166 Å². The number of rotatable bonds is 3. The van der Waals surface area contributed by atoms with Crippen LogP contribution in [-0.4, -0.2) is 20.9 Å². The van der Waals surface area contributed by atoms with Crippen LogP contribution in [0.2, 0.25) is 5.02 Å². The van der Waals surface area contributed by atoms with E-state index in [-0.39, 0.29) is 5.91 Å². The quantitative estimate of drug-likeness (QED) is 0.457. The Morgan fingerprint density at radius 3 is 2.69 bits per heavy atom. The van der Waals surface area contributed by atoms with E-state index in [0.717, 1.165) is 16.5 Å². The van der Waals surface area contributed by atoms with Crippen molar-refractivity contribution in [1.29, 1.82) is 0 Å². The molecule has 0 aliphatic rings.